The fraction of sp³-hybridized carbons (Fsp3) is 0.600. The maximum Gasteiger partial charge on any atom is 0.147 e. The largest absolute Gasteiger partial charge is 0.393 e. The lowest BCUT2D eigenvalue weighted by Gasteiger charge is -2.26. The van der Waals surface area contributed by atoms with E-state index in [0.717, 1.165) is 31.5 Å². The van der Waals surface area contributed by atoms with Crippen molar-refractivity contribution in [1.29, 1.82) is 0 Å². The lowest BCUT2D eigenvalue weighted by atomic mass is 9.93. The number of anilines is 1. The van der Waals surface area contributed by atoms with E-state index in [9.17, 15) is 5.11 Å². The van der Waals surface area contributed by atoms with E-state index in [2.05, 4.69) is 15.3 Å². The summed E-state index contributed by atoms with van der Waals surface area (Å²) in [6, 6.07) is 0.392. The zero-order valence-electron chi connectivity index (χ0n) is 8.36. The summed E-state index contributed by atoms with van der Waals surface area (Å²) in [4.78, 5) is 8.07. The van der Waals surface area contributed by atoms with Crippen LogP contribution in [-0.2, 0) is 0 Å². The first-order valence-corrected chi connectivity index (χ1v) is 5.54. The van der Waals surface area contributed by atoms with Crippen LogP contribution in [0.5, 0.6) is 0 Å². The van der Waals surface area contributed by atoms with Crippen molar-refractivity contribution in [2.75, 3.05) is 5.32 Å². The molecular formula is C10H14ClN3O. The number of hydrogen-bond acceptors (Lipinski definition) is 4. The van der Waals surface area contributed by atoms with Crippen LogP contribution < -0.4 is 5.32 Å². The highest BCUT2D eigenvalue weighted by Gasteiger charge is 2.19. The Morgan fingerprint density at radius 3 is 2.53 bits per heavy atom. The van der Waals surface area contributed by atoms with E-state index in [1.165, 1.54) is 6.20 Å². The Labute approximate surface area is 93.7 Å². The maximum absolute atomic E-state index is 9.36. The minimum Gasteiger partial charge on any atom is -0.393 e. The molecule has 0 aliphatic heterocycles. The van der Waals surface area contributed by atoms with E-state index in [1.807, 2.05) is 0 Å². The van der Waals surface area contributed by atoms with Crippen molar-refractivity contribution in [1.82, 2.24) is 9.97 Å². The summed E-state index contributed by atoms with van der Waals surface area (Å²) in [7, 11) is 0. The SMILES string of the molecule is OC1CCC(Nc2cnc(Cl)cn2)CC1. The van der Waals surface area contributed by atoms with Gasteiger partial charge in [-0.1, -0.05) is 11.6 Å². The molecule has 0 spiro atoms. The van der Waals surface area contributed by atoms with Crippen LogP contribution >= 0.6 is 11.6 Å². The van der Waals surface area contributed by atoms with Gasteiger partial charge in [-0.05, 0) is 25.7 Å². The van der Waals surface area contributed by atoms with Gasteiger partial charge < -0.3 is 10.4 Å². The molecule has 15 heavy (non-hydrogen) atoms. The number of aliphatic hydroxyl groups excluding tert-OH is 1. The molecule has 0 atom stereocenters. The third-order valence-corrected chi connectivity index (χ3v) is 2.86. The molecule has 1 saturated carbocycles. The van der Waals surface area contributed by atoms with Crippen molar-refractivity contribution in [2.24, 2.45) is 0 Å². The standard InChI is InChI=1S/C10H14ClN3O/c11-9-5-13-10(6-12-9)14-7-1-3-8(15)4-2-7/h5-8,15H,1-4H2,(H,13,14). The van der Waals surface area contributed by atoms with Crippen molar-refractivity contribution in [3.05, 3.63) is 17.5 Å². The van der Waals surface area contributed by atoms with Gasteiger partial charge in [0, 0.05) is 6.04 Å². The molecule has 0 aromatic carbocycles. The Kier molecular flexibility index (Phi) is 3.38. The summed E-state index contributed by atoms with van der Waals surface area (Å²) < 4.78 is 0. The highest BCUT2D eigenvalue weighted by atomic mass is 35.5. The van der Waals surface area contributed by atoms with Crippen LogP contribution in [0.15, 0.2) is 12.4 Å². The minimum absolute atomic E-state index is 0.126. The minimum atomic E-state index is -0.126. The highest BCUT2D eigenvalue weighted by Crippen LogP contribution is 2.21. The average Bonchev–Trinajstić information content (AvgIpc) is 2.25. The van der Waals surface area contributed by atoms with Gasteiger partial charge in [-0.25, -0.2) is 9.97 Å². The average molecular weight is 228 g/mol. The van der Waals surface area contributed by atoms with Crippen molar-refractivity contribution in [2.45, 2.75) is 37.8 Å². The molecule has 2 N–H and O–H groups in total. The molecule has 0 radical (unpaired) electrons. The smallest absolute Gasteiger partial charge is 0.147 e. The van der Waals surface area contributed by atoms with E-state index in [4.69, 9.17) is 11.6 Å². The van der Waals surface area contributed by atoms with Crippen LogP contribution in [0.4, 0.5) is 5.82 Å². The first kappa shape index (κ1) is 10.6. The summed E-state index contributed by atoms with van der Waals surface area (Å²) >= 11 is 5.64. The predicted octanol–water partition coefficient (Wildman–Crippen LogP) is 1.85. The van der Waals surface area contributed by atoms with E-state index in [0.29, 0.717) is 11.2 Å². The number of halogens is 1. The first-order chi connectivity index (χ1) is 7.24. The van der Waals surface area contributed by atoms with Crippen molar-refractivity contribution in [3.8, 4) is 0 Å². The van der Waals surface area contributed by atoms with E-state index < -0.39 is 0 Å². The number of nitrogens with zero attached hydrogens (tertiary/aromatic N) is 2. The van der Waals surface area contributed by atoms with E-state index >= 15 is 0 Å². The Morgan fingerprint density at radius 1 is 1.20 bits per heavy atom. The Hall–Kier alpha value is -0.870. The first-order valence-electron chi connectivity index (χ1n) is 5.16. The van der Waals surface area contributed by atoms with Gasteiger partial charge in [-0.3, -0.25) is 0 Å². The van der Waals surface area contributed by atoms with Crippen molar-refractivity contribution < 1.29 is 5.11 Å². The molecule has 82 valence electrons. The van der Waals surface area contributed by atoms with E-state index in [1.54, 1.807) is 6.20 Å². The summed E-state index contributed by atoms with van der Waals surface area (Å²) in [5.41, 5.74) is 0. The molecule has 1 aromatic heterocycles. The van der Waals surface area contributed by atoms with Gasteiger partial charge in [0.2, 0.25) is 0 Å². The van der Waals surface area contributed by atoms with Gasteiger partial charge in [-0.2, -0.15) is 0 Å². The molecule has 0 saturated heterocycles. The molecular weight excluding hydrogens is 214 g/mol. The van der Waals surface area contributed by atoms with Crippen LogP contribution in [0.3, 0.4) is 0 Å². The Balaban J connectivity index is 1.89. The zero-order valence-corrected chi connectivity index (χ0v) is 9.11. The highest BCUT2D eigenvalue weighted by molar-refractivity contribution is 6.29. The van der Waals surface area contributed by atoms with Crippen LogP contribution in [0.1, 0.15) is 25.7 Å². The number of nitrogens with one attached hydrogen (secondary N) is 1. The Bertz CT molecular complexity index is 309. The summed E-state index contributed by atoms with van der Waals surface area (Å²) in [6.07, 6.45) is 6.71. The third kappa shape index (κ3) is 3.04. The second-order valence-corrected chi connectivity index (χ2v) is 4.26. The van der Waals surface area contributed by atoms with Gasteiger partial charge in [-0.15, -0.1) is 0 Å². The summed E-state index contributed by atoms with van der Waals surface area (Å²) in [6.45, 7) is 0. The topological polar surface area (TPSA) is 58.0 Å². The fourth-order valence-corrected chi connectivity index (χ4v) is 1.91. The summed E-state index contributed by atoms with van der Waals surface area (Å²) in [5.74, 6) is 0.751. The summed E-state index contributed by atoms with van der Waals surface area (Å²) in [5, 5.41) is 13.0. The van der Waals surface area contributed by atoms with Crippen LogP contribution in [0.2, 0.25) is 5.15 Å². The normalized spacial score (nSPS) is 26.3. The molecule has 1 aromatic rings. The molecule has 4 nitrogen and oxygen atoms in total. The van der Waals surface area contributed by atoms with Gasteiger partial charge in [0.05, 0.1) is 18.5 Å². The third-order valence-electron chi connectivity index (χ3n) is 2.67. The number of aromatic nitrogens is 2. The molecule has 1 aliphatic carbocycles. The second-order valence-electron chi connectivity index (χ2n) is 3.87. The lowest BCUT2D eigenvalue weighted by molar-refractivity contribution is 0.126. The monoisotopic (exact) mass is 227 g/mol. The molecule has 0 unspecified atom stereocenters. The Morgan fingerprint density at radius 2 is 1.93 bits per heavy atom. The fourth-order valence-electron chi connectivity index (χ4n) is 1.82. The quantitative estimate of drug-likeness (QED) is 0.810. The van der Waals surface area contributed by atoms with Gasteiger partial charge in [0.1, 0.15) is 11.0 Å². The molecule has 2 rings (SSSR count). The zero-order chi connectivity index (χ0) is 10.7. The van der Waals surface area contributed by atoms with Crippen LogP contribution in [-0.4, -0.2) is 27.2 Å². The molecule has 0 bridgehead atoms. The van der Waals surface area contributed by atoms with E-state index in [-0.39, 0.29) is 6.10 Å². The predicted molar refractivity (Wildman–Crippen MR) is 58.9 cm³/mol. The van der Waals surface area contributed by atoms with Crippen LogP contribution in [0, 0.1) is 0 Å². The van der Waals surface area contributed by atoms with Gasteiger partial charge in [0.25, 0.3) is 0 Å². The second kappa shape index (κ2) is 4.77. The molecule has 1 heterocycles. The lowest BCUT2D eigenvalue weighted by Crippen LogP contribution is -2.28. The van der Waals surface area contributed by atoms with Crippen molar-refractivity contribution in [3.63, 3.8) is 0 Å². The molecule has 1 aliphatic rings. The number of aliphatic hydroxyl groups is 1. The number of rotatable bonds is 2. The van der Waals surface area contributed by atoms with Crippen LogP contribution in [0.25, 0.3) is 0 Å². The van der Waals surface area contributed by atoms with Gasteiger partial charge in [0.15, 0.2) is 0 Å². The maximum atomic E-state index is 9.36. The molecule has 1 fully saturated rings. The molecule has 5 heteroatoms. The van der Waals surface area contributed by atoms with Gasteiger partial charge >= 0.3 is 0 Å². The number of hydrogen-bond donors (Lipinski definition) is 2. The van der Waals surface area contributed by atoms with Crippen molar-refractivity contribution >= 4 is 17.4 Å². The molecule has 0 amide bonds.